The summed E-state index contributed by atoms with van der Waals surface area (Å²) in [6, 6.07) is 7.22. The fourth-order valence-electron chi connectivity index (χ4n) is 1.96. The van der Waals surface area contributed by atoms with Crippen LogP contribution in [0.3, 0.4) is 0 Å². The second-order valence-electron chi connectivity index (χ2n) is 3.59. The molecule has 0 saturated carbocycles. The number of benzene rings is 1. The quantitative estimate of drug-likeness (QED) is 0.818. The summed E-state index contributed by atoms with van der Waals surface area (Å²) in [7, 11) is 0. The summed E-state index contributed by atoms with van der Waals surface area (Å²) in [5, 5.41) is 0.603. The molecule has 0 N–H and O–H groups in total. The summed E-state index contributed by atoms with van der Waals surface area (Å²) < 4.78 is 2.89. The van der Waals surface area contributed by atoms with Crippen molar-refractivity contribution in [3.63, 3.8) is 0 Å². The zero-order valence-electron chi connectivity index (χ0n) is 11.4. The zero-order chi connectivity index (χ0) is 13.7. The molecule has 0 radical (unpaired) electrons. The Kier molecular flexibility index (Phi) is 4.89. The number of nitrogens with zero attached hydrogens (tertiary/aromatic N) is 2. The van der Waals surface area contributed by atoms with Gasteiger partial charge in [-0.1, -0.05) is 26.0 Å². The predicted octanol–water partition coefficient (Wildman–Crippen LogP) is 2.23. The van der Waals surface area contributed by atoms with Gasteiger partial charge in [-0.05, 0) is 26.0 Å². The molecule has 0 bridgehead atoms. The average molecular weight is 248 g/mol. The first-order valence-electron chi connectivity index (χ1n) is 6.43. The van der Waals surface area contributed by atoms with Gasteiger partial charge < -0.3 is 0 Å². The maximum Gasteiger partial charge on any atom is 0.331 e. The SMILES string of the molecule is CC.CCn1c(=O)c2ccccc2n(CC)c1=O. The first kappa shape index (κ1) is 14.2. The van der Waals surface area contributed by atoms with Gasteiger partial charge in [-0.15, -0.1) is 0 Å². The Morgan fingerprint density at radius 2 is 1.50 bits per heavy atom. The Labute approximate surface area is 106 Å². The van der Waals surface area contributed by atoms with Crippen LogP contribution in [0, 0.1) is 0 Å². The third-order valence-electron chi connectivity index (χ3n) is 2.76. The van der Waals surface area contributed by atoms with Gasteiger partial charge in [-0.25, -0.2) is 4.79 Å². The zero-order valence-corrected chi connectivity index (χ0v) is 11.4. The molecule has 4 heteroatoms. The highest BCUT2D eigenvalue weighted by atomic mass is 16.2. The highest BCUT2D eigenvalue weighted by Gasteiger charge is 2.09. The van der Waals surface area contributed by atoms with E-state index in [1.54, 1.807) is 17.6 Å². The summed E-state index contributed by atoms with van der Waals surface area (Å²) >= 11 is 0. The van der Waals surface area contributed by atoms with Gasteiger partial charge in [0.25, 0.3) is 5.56 Å². The van der Waals surface area contributed by atoms with Crippen molar-refractivity contribution in [3.8, 4) is 0 Å². The molecule has 0 atom stereocenters. The van der Waals surface area contributed by atoms with Gasteiger partial charge in [-0.3, -0.25) is 13.9 Å². The van der Waals surface area contributed by atoms with E-state index in [1.807, 2.05) is 39.0 Å². The molecule has 0 aliphatic heterocycles. The van der Waals surface area contributed by atoms with Crippen molar-refractivity contribution >= 4 is 10.9 Å². The Hall–Kier alpha value is -1.84. The molecule has 0 aliphatic rings. The molecular weight excluding hydrogens is 228 g/mol. The minimum Gasteiger partial charge on any atom is -0.293 e. The molecule has 0 fully saturated rings. The van der Waals surface area contributed by atoms with Crippen LogP contribution >= 0.6 is 0 Å². The van der Waals surface area contributed by atoms with Crippen LogP contribution in [0.4, 0.5) is 0 Å². The van der Waals surface area contributed by atoms with Crippen LogP contribution in [0.2, 0.25) is 0 Å². The summed E-state index contributed by atoms with van der Waals surface area (Å²) in [5.41, 5.74) is 0.284. The van der Waals surface area contributed by atoms with E-state index in [-0.39, 0.29) is 11.2 Å². The lowest BCUT2D eigenvalue weighted by Crippen LogP contribution is -2.39. The van der Waals surface area contributed by atoms with Crippen molar-refractivity contribution in [2.24, 2.45) is 0 Å². The first-order valence-corrected chi connectivity index (χ1v) is 6.43. The van der Waals surface area contributed by atoms with Gasteiger partial charge in [0, 0.05) is 13.1 Å². The number of fused-ring (bicyclic) bond motifs is 1. The molecule has 2 rings (SSSR count). The first-order chi connectivity index (χ1) is 8.70. The second-order valence-corrected chi connectivity index (χ2v) is 3.59. The normalized spacial score (nSPS) is 10.0. The largest absolute Gasteiger partial charge is 0.331 e. The fraction of sp³-hybridized carbons (Fsp3) is 0.429. The number of aromatic nitrogens is 2. The van der Waals surface area contributed by atoms with Gasteiger partial charge in [0.1, 0.15) is 0 Å². The van der Waals surface area contributed by atoms with E-state index in [9.17, 15) is 9.59 Å². The Balaban J connectivity index is 0.000000771. The minimum absolute atomic E-state index is 0.201. The van der Waals surface area contributed by atoms with Crippen LogP contribution in [0.1, 0.15) is 27.7 Å². The molecule has 18 heavy (non-hydrogen) atoms. The van der Waals surface area contributed by atoms with E-state index in [2.05, 4.69) is 0 Å². The van der Waals surface area contributed by atoms with Gasteiger partial charge >= 0.3 is 5.69 Å². The highest BCUT2D eigenvalue weighted by Crippen LogP contribution is 2.06. The molecule has 0 saturated heterocycles. The molecule has 1 aromatic carbocycles. The van der Waals surface area contributed by atoms with E-state index in [4.69, 9.17) is 0 Å². The van der Waals surface area contributed by atoms with Gasteiger partial charge in [0.2, 0.25) is 0 Å². The van der Waals surface area contributed by atoms with Crippen molar-refractivity contribution in [2.75, 3.05) is 0 Å². The van der Waals surface area contributed by atoms with Crippen molar-refractivity contribution in [1.29, 1.82) is 0 Å². The van der Waals surface area contributed by atoms with E-state index in [0.717, 1.165) is 0 Å². The number of aryl methyl sites for hydroxylation is 1. The van der Waals surface area contributed by atoms with Crippen LogP contribution < -0.4 is 11.2 Å². The fourth-order valence-corrected chi connectivity index (χ4v) is 1.96. The molecule has 1 heterocycles. The summed E-state index contributed by atoms with van der Waals surface area (Å²) in [5.74, 6) is 0. The van der Waals surface area contributed by atoms with Crippen LogP contribution in [0.25, 0.3) is 10.9 Å². The van der Waals surface area contributed by atoms with Crippen molar-refractivity contribution in [2.45, 2.75) is 40.8 Å². The maximum absolute atomic E-state index is 12.0. The molecular formula is C14H20N2O2. The monoisotopic (exact) mass is 248 g/mol. The standard InChI is InChI=1S/C12H14N2O2.C2H6/c1-3-13-10-8-6-5-7-9(10)11(15)14(4-2)12(13)16;1-2/h5-8H,3-4H2,1-2H3;1-2H3. The van der Waals surface area contributed by atoms with Gasteiger partial charge in [0.05, 0.1) is 10.9 Å². The summed E-state index contributed by atoms with van der Waals surface area (Å²) in [6.07, 6.45) is 0. The highest BCUT2D eigenvalue weighted by molar-refractivity contribution is 5.77. The number of hydrogen-bond donors (Lipinski definition) is 0. The number of rotatable bonds is 2. The van der Waals surface area contributed by atoms with E-state index >= 15 is 0 Å². The average Bonchev–Trinajstić information content (AvgIpc) is 2.42. The smallest absolute Gasteiger partial charge is 0.293 e. The molecule has 0 unspecified atom stereocenters. The molecule has 2 aromatic rings. The third kappa shape index (κ3) is 2.23. The Morgan fingerprint density at radius 3 is 2.06 bits per heavy atom. The maximum atomic E-state index is 12.0. The lowest BCUT2D eigenvalue weighted by Gasteiger charge is -2.10. The minimum atomic E-state index is -0.228. The molecule has 98 valence electrons. The third-order valence-corrected chi connectivity index (χ3v) is 2.76. The molecule has 0 aliphatic carbocycles. The number of hydrogen-bond acceptors (Lipinski definition) is 2. The predicted molar refractivity (Wildman–Crippen MR) is 75.2 cm³/mol. The molecule has 4 nitrogen and oxygen atoms in total. The van der Waals surface area contributed by atoms with E-state index in [1.165, 1.54) is 4.57 Å². The van der Waals surface area contributed by atoms with E-state index < -0.39 is 0 Å². The molecule has 0 spiro atoms. The molecule has 1 aromatic heterocycles. The Bertz CT molecular complexity index is 638. The topological polar surface area (TPSA) is 44.0 Å². The number of para-hydroxylation sites is 1. The summed E-state index contributed by atoms with van der Waals surface area (Å²) in [4.78, 5) is 24.0. The van der Waals surface area contributed by atoms with Crippen LogP contribution in [-0.2, 0) is 13.1 Å². The van der Waals surface area contributed by atoms with Gasteiger partial charge in [0.15, 0.2) is 0 Å². The van der Waals surface area contributed by atoms with Crippen molar-refractivity contribution in [1.82, 2.24) is 9.13 Å². The van der Waals surface area contributed by atoms with Crippen molar-refractivity contribution < 1.29 is 0 Å². The van der Waals surface area contributed by atoms with Gasteiger partial charge in [-0.2, -0.15) is 0 Å². The van der Waals surface area contributed by atoms with Crippen LogP contribution in [0.5, 0.6) is 0 Å². The Morgan fingerprint density at radius 1 is 0.944 bits per heavy atom. The summed E-state index contributed by atoms with van der Waals surface area (Å²) in [6.45, 7) is 8.68. The second kappa shape index (κ2) is 6.19. The lowest BCUT2D eigenvalue weighted by molar-refractivity contribution is 0.609. The van der Waals surface area contributed by atoms with E-state index in [0.29, 0.717) is 24.0 Å². The molecule has 0 amide bonds. The van der Waals surface area contributed by atoms with Crippen LogP contribution in [-0.4, -0.2) is 9.13 Å². The van der Waals surface area contributed by atoms with Crippen molar-refractivity contribution in [3.05, 3.63) is 45.1 Å². The van der Waals surface area contributed by atoms with Crippen LogP contribution in [0.15, 0.2) is 33.9 Å². The lowest BCUT2D eigenvalue weighted by atomic mass is 10.2.